The number of anilines is 1. The maximum absolute atomic E-state index is 12.8. The molecule has 4 heteroatoms. The van der Waals surface area contributed by atoms with Crippen LogP contribution in [-0.4, -0.2) is 30.6 Å². The first-order chi connectivity index (χ1) is 11.8. The largest absolute Gasteiger partial charge is 0.497 e. The van der Waals surface area contributed by atoms with Crippen molar-refractivity contribution in [3.8, 4) is 5.75 Å². The lowest BCUT2D eigenvalue weighted by atomic mass is 10.1. The van der Waals surface area contributed by atoms with E-state index in [1.54, 1.807) is 13.2 Å². The van der Waals surface area contributed by atoms with Crippen LogP contribution in [0, 0.1) is 0 Å². The molecule has 2 aromatic rings. The molecule has 1 fully saturated rings. The molecule has 124 valence electrons. The summed E-state index contributed by atoms with van der Waals surface area (Å²) in [5.41, 5.74) is 1.95. The standard InChI is InChI=1S/C20H21NO2S/c1-23-19-10-7-16(8-11-19)9-12-20(22)21(18-13-14-24-15-18)17-5-3-2-4-6-17/h2-12,18H,13-15H2,1H3/b12-9+. The van der Waals surface area contributed by atoms with Gasteiger partial charge in [0.15, 0.2) is 0 Å². The Morgan fingerprint density at radius 1 is 1.17 bits per heavy atom. The normalized spacial score (nSPS) is 17.1. The van der Waals surface area contributed by atoms with Crippen molar-refractivity contribution in [2.45, 2.75) is 12.5 Å². The molecule has 3 nitrogen and oxygen atoms in total. The molecule has 3 rings (SSSR count). The van der Waals surface area contributed by atoms with Gasteiger partial charge in [-0.2, -0.15) is 11.8 Å². The van der Waals surface area contributed by atoms with Crippen LogP contribution in [0.2, 0.25) is 0 Å². The van der Waals surface area contributed by atoms with Crippen molar-refractivity contribution in [3.63, 3.8) is 0 Å². The van der Waals surface area contributed by atoms with Crippen LogP contribution in [0.1, 0.15) is 12.0 Å². The van der Waals surface area contributed by atoms with Crippen molar-refractivity contribution in [3.05, 3.63) is 66.2 Å². The van der Waals surface area contributed by atoms with Crippen LogP contribution in [0.25, 0.3) is 6.08 Å². The number of methoxy groups -OCH3 is 1. The summed E-state index contributed by atoms with van der Waals surface area (Å²) < 4.78 is 5.16. The second kappa shape index (κ2) is 8.06. The molecule has 1 heterocycles. The van der Waals surface area contributed by atoms with E-state index in [0.717, 1.165) is 34.9 Å². The lowest BCUT2D eigenvalue weighted by Gasteiger charge is -2.27. The van der Waals surface area contributed by atoms with Gasteiger partial charge in [0, 0.05) is 23.6 Å². The molecular formula is C20H21NO2S. The zero-order valence-corrected chi connectivity index (χ0v) is 14.5. The van der Waals surface area contributed by atoms with Crippen LogP contribution < -0.4 is 9.64 Å². The number of benzene rings is 2. The molecule has 1 unspecified atom stereocenters. The molecule has 2 aromatic carbocycles. The van der Waals surface area contributed by atoms with Gasteiger partial charge in [0.2, 0.25) is 0 Å². The minimum Gasteiger partial charge on any atom is -0.497 e. The van der Waals surface area contributed by atoms with Gasteiger partial charge in [-0.25, -0.2) is 0 Å². The molecule has 0 aliphatic carbocycles. The zero-order valence-electron chi connectivity index (χ0n) is 13.7. The second-order valence-corrected chi connectivity index (χ2v) is 6.82. The molecule has 1 saturated heterocycles. The molecule has 1 atom stereocenters. The Labute approximate surface area is 147 Å². The van der Waals surface area contributed by atoms with E-state index < -0.39 is 0 Å². The fourth-order valence-corrected chi connectivity index (χ4v) is 3.99. The molecule has 0 aromatic heterocycles. The van der Waals surface area contributed by atoms with Gasteiger partial charge in [0.05, 0.1) is 7.11 Å². The van der Waals surface area contributed by atoms with Gasteiger partial charge in [-0.05, 0) is 48.1 Å². The predicted molar refractivity (Wildman–Crippen MR) is 102 cm³/mol. The Morgan fingerprint density at radius 2 is 1.92 bits per heavy atom. The van der Waals surface area contributed by atoms with Crippen molar-refractivity contribution in [1.29, 1.82) is 0 Å². The van der Waals surface area contributed by atoms with E-state index in [1.165, 1.54) is 0 Å². The van der Waals surface area contributed by atoms with Crippen LogP contribution in [0.15, 0.2) is 60.7 Å². The number of ether oxygens (including phenoxy) is 1. The molecule has 1 aliphatic heterocycles. The average Bonchev–Trinajstić information content (AvgIpc) is 3.15. The van der Waals surface area contributed by atoms with Crippen molar-refractivity contribution >= 4 is 29.4 Å². The van der Waals surface area contributed by atoms with Gasteiger partial charge in [0.1, 0.15) is 5.75 Å². The smallest absolute Gasteiger partial charge is 0.251 e. The van der Waals surface area contributed by atoms with Gasteiger partial charge in [-0.15, -0.1) is 0 Å². The Morgan fingerprint density at radius 3 is 2.54 bits per heavy atom. The van der Waals surface area contributed by atoms with E-state index in [9.17, 15) is 4.79 Å². The molecule has 0 N–H and O–H groups in total. The number of thioether (sulfide) groups is 1. The monoisotopic (exact) mass is 339 g/mol. The summed E-state index contributed by atoms with van der Waals surface area (Å²) in [6.45, 7) is 0. The maximum atomic E-state index is 12.8. The molecule has 0 saturated carbocycles. The number of rotatable bonds is 5. The molecular weight excluding hydrogens is 318 g/mol. The van der Waals surface area contributed by atoms with Crippen molar-refractivity contribution < 1.29 is 9.53 Å². The van der Waals surface area contributed by atoms with E-state index in [0.29, 0.717) is 0 Å². The maximum Gasteiger partial charge on any atom is 0.251 e. The van der Waals surface area contributed by atoms with Gasteiger partial charge in [0.25, 0.3) is 5.91 Å². The summed E-state index contributed by atoms with van der Waals surface area (Å²) in [7, 11) is 1.64. The number of amides is 1. The SMILES string of the molecule is COc1ccc(/C=C/C(=O)N(c2ccccc2)C2CCSC2)cc1. The number of hydrogen-bond acceptors (Lipinski definition) is 3. The summed E-state index contributed by atoms with van der Waals surface area (Å²) in [4.78, 5) is 14.8. The van der Waals surface area contributed by atoms with Gasteiger partial charge >= 0.3 is 0 Å². The van der Waals surface area contributed by atoms with E-state index in [2.05, 4.69) is 0 Å². The summed E-state index contributed by atoms with van der Waals surface area (Å²) >= 11 is 1.91. The quantitative estimate of drug-likeness (QED) is 0.763. The van der Waals surface area contributed by atoms with Crippen LogP contribution in [0.5, 0.6) is 5.75 Å². The first-order valence-corrected chi connectivity index (χ1v) is 9.21. The third-order valence-corrected chi connectivity index (χ3v) is 5.22. The van der Waals surface area contributed by atoms with Gasteiger partial charge < -0.3 is 9.64 Å². The minimum absolute atomic E-state index is 0.0320. The molecule has 1 aliphatic rings. The van der Waals surface area contributed by atoms with E-state index in [-0.39, 0.29) is 11.9 Å². The number of nitrogens with zero attached hydrogens (tertiary/aromatic N) is 1. The van der Waals surface area contributed by atoms with Crippen molar-refractivity contribution in [2.75, 3.05) is 23.5 Å². The summed E-state index contributed by atoms with van der Waals surface area (Å²) in [6.07, 6.45) is 4.57. The minimum atomic E-state index is 0.0320. The number of carbonyl (C=O) groups is 1. The zero-order chi connectivity index (χ0) is 16.8. The van der Waals surface area contributed by atoms with Crippen LogP contribution in [0.4, 0.5) is 5.69 Å². The lowest BCUT2D eigenvalue weighted by Crippen LogP contribution is -2.39. The number of para-hydroxylation sites is 1. The fraction of sp³-hybridized carbons (Fsp3) is 0.250. The Hall–Kier alpha value is -2.20. The number of hydrogen-bond donors (Lipinski definition) is 0. The van der Waals surface area contributed by atoms with Gasteiger partial charge in [-0.3, -0.25) is 4.79 Å². The van der Waals surface area contributed by atoms with E-state index in [1.807, 2.05) is 77.3 Å². The second-order valence-electron chi connectivity index (χ2n) is 5.67. The fourth-order valence-electron chi connectivity index (χ4n) is 2.80. The summed E-state index contributed by atoms with van der Waals surface area (Å²) in [5.74, 6) is 2.96. The van der Waals surface area contributed by atoms with E-state index >= 15 is 0 Å². The highest BCUT2D eigenvalue weighted by atomic mass is 32.2. The lowest BCUT2D eigenvalue weighted by molar-refractivity contribution is -0.114. The topological polar surface area (TPSA) is 29.5 Å². The molecule has 0 bridgehead atoms. The van der Waals surface area contributed by atoms with Gasteiger partial charge in [-0.1, -0.05) is 30.3 Å². The highest BCUT2D eigenvalue weighted by molar-refractivity contribution is 7.99. The van der Waals surface area contributed by atoms with Crippen molar-refractivity contribution in [2.24, 2.45) is 0 Å². The van der Waals surface area contributed by atoms with E-state index in [4.69, 9.17) is 4.74 Å². The average molecular weight is 339 g/mol. The van der Waals surface area contributed by atoms with Crippen LogP contribution in [-0.2, 0) is 4.79 Å². The van der Waals surface area contributed by atoms with Crippen molar-refractivity contribution in [1.82, 2.24) is 0 Å². The molecule has 0 radical (unpaired) electrons. The Bertz CT molecular complexity index is 691. The predicted octanol–water partition coefficient (Wildman–Crippen LogP) is 4.25. The molecule has 1 amide bonds. The molecule has 0 spiro atoms. The Balaban J connectivity index is 1.79. The third-order valence-electron chi connectivity index (χ3n) is 4.08. The van der Waals surface area contributed by atoms with Crippen LogP contribution in [0.3, 0.4) is 0 Å². The third kappa shape index (κ3) is 4.01. The molecule has 24 heavy (non-hydrogen) atoms. The highest BCUT2D eigenvalue weighted by Crippen LogP contribution is 2.27. The van der Waals surface area contributed by atoms with Crippen LogP contribution >= 0.6 is 11.8 Å². The highest BCUT2D eigenvalue weighted by Gasteiger charge is 2.27. The first-order valence-electron chi connectivity index (χ1n) is 8.06. The summed E-state index contributed by atoms with van der Waals surface area (Å²) in [6, 6.07) is 17.9. The summed E-state index contributed by atoms with van der Waals surface area (Å²) in [5, 5.41) is 0. The first kappa shape index (κ1) is 16.7. The number of carbonyl (C=O) groups excluding carboxylic acids is 1. The Kier molecular flexibility index (Phi) is 5.59.